The zero-order valence-corrected chi connectivity index (χ0v) is 24.2. The lowest BCUT2D eigenvalue weighted by atomic mass is 10.1. The molecule has 2 aliphatic heterocycles. The third-order valence-electron chi connectivity index (χ3n) is 7.15. The zero-order valence-electron chi connectivity index (χ0n) is 24.2. The molecule has 0 spiro atoms. The summed E-state index contributed by atoms with van der Waals surface area (Å²) in [6, 6.07) is 20.0. The van der Waals surface area contributed by atoms with Crippen molar-refractivity contribution in [1.29, 1.82) is 0 Å². The molecule has 2 aromatic carbocycles. The molecule has 0 bridgehead atoms. The van der Waals surface area contributed by atoms with Crippen LogP contribution in [-0.2, 0) is 41.6 Å². The van der Waals surface area contributed by atoms with Gasteiger partial charge in [-0.05, 0) is 29.7 Å². The molecule has 2 aromatic rings. The fourth-order valence-electron chi connectivity index (χ4n) is 4.79. The van der Waals surface area contributed by atoms with Gasteiger partial charge < -0.3 is 33.5 Å². The molecule has 2 heterocycles. The Kier molecular flexibility index (Phi) is 14.0. The SMILES string of the molecule is CCCCCCCCO[C@@H]1C=C[C@H](O[C@@H]2C=C[C@H](O)[C@@H](COCc3ccccc3)O2)[C@@H](COCc2ccccc2)O1. The molecule has 0 fully saturated rings. The largest absolute Gasteiger partial charge is 0.386 e. The Morgan fingerprint density at radius 2 is 1.24 bits per heavy atom. The van der Waals surface area contributed by atoms with Crippen LogP contribution in [0, 0.1) is 0 Å². The molecule has 7 nitrogen and oxygen atoms in total. The lowest BCUT2D eigenvalue weighted by molar-refractivity contribution is -0.240. The first-order valence-electron chi connectivity index (χ1n) is 15.1. The number of ether oxygens (including phenoxy) is 6. The molecule has 0 aliphatic carbocycles. The van der Waals surface area contributed by atoms with Crippen LogP contribution in [-0.4, -0.2) is 61.9 Å². The van der Waals surface area contributed by atoms with Crippen molar-refractivity contribution in [1.82, 2.24) is 0 Å². The molecule has 7 heteroatoms. The third kappa shape index (κ3) is 11.4. The molecule has 0 amide bonds. The van der Waals surface area contributed by atoms with E-state index in [9.17, 15) is 5.11 Å². The summed E-state index contributed by atoms with van der Waals surface area (Å²) in [5.41, 5.74) is 2.16. The van der Waals surface area contributed by atoms with Gasteiger partial charge in [-0.25, -0.2) is 0 Å². The van der Waals surface area contributed by atoms with Gasteiger partial charge in [0.05, 0.1) is 33.0 Å². The van der Waals surface area contributed by atoms with Crippen molar-refractivity contribution in [3.63, 3.8) is 0 Å². The van der Waals surface area contributed by atoms with Gasteiger partial charge in [0.25, 0.3) is 0 Å². The van der Waals surface area contributed by atoms with E-state index in [1.54, 1.807) is 12.2 Å². The van der Waals surface area contributed by atoms with Crippen molar-refractivity contribution in [2.45, 2.75) is 95.7 Å². The first-order chi connectivity index (χ1) is 20.2. The Bertz CT molecular complexity index is 1010. The molecular formula is C34H46O7. The van der Waals surface area contributed by atoms with Crippen LogP contribution < -0.4 is 0 Å². The van der Waals surface area contributed by atoms with Gasteiger partial charge in [-0.15, -0.1) is 0 Å². The minimum Gasteiger partial charge on any atom is -0.386 e. The maximum absolute atomic E-state index is 10.4. The lowest BCUT2D eigenvalue weighted by Crippen LogP contribution is -2.45. The van der Waals surface area contributed by atoms with Crippen LogP contribution >= 0.6 is 0 Å². The highest BCUT2D eigenvalue weighted by atomic mass is 16.7. The maximum atomic E-state index is 10.4. The second-order valence-electron chi connectivity index (χ2n) is 10.6. The Balaban J connectivity index is 1.28. The Labute approximate surface area is 245 Å². The van der Waals surface area contributed by atoms with Gasteiger partial charge in [0.1, 0.15) is 24.4 Å². The molecule has 1 N–H and O–H groups in total. The van der Waals surface area contributed by atoms with Crippen molar-refractivity contribution in [3.05, 3.63) is 96.1 Å². The first kappa shape index (κ1) is 31.6. The highest BCUT2D eigenvalue weighted by Crippen LogP contribution is 2.23. The van der Waals surface area contributed by atoms with Crippen LogP contribution in [0.25, 0.3) is 0 Å². The van der Waals surface area contributed by atoms with E-state index in [1.165, 1.54) is 32.1 Å². The predicted molar refractivity (Wildman–Crippen MR) is 158 cm³/mol. The van der Waals surface area contributed by atoms with Crippen LogP contribution in [0.15, 0.2) is 85.0 Å². The van der Waals surface area contributed by atoms with Crippen LogP contribution in [0.3, 0.4) is 0 Å². The molecule has 6 atom stereocenters. The van der Waals surface area contributed by atoms with Crippen molar-refractivity contribution < 1.29 is 33.5 Å². The van der Waals surface area contributed by atoms with Crippen LogP contribution in [0.2, 0.25) is 0 Å². The van der Waals surface area contributed by atoms with E-state index in [0.29, 0.717) is 26.4 Å². The molecule has 0 unspecified atom stereocenters. The molecular weight excluding hydrogens is 520 g/mol. The molecule has 0 aromatic heterocycles. The molecule has 224 valence electrons. The van der Waals surface area contributed by atoms with Crippen LogP contribution in [0.5, 0.6) is 0 Å². The topological polar surface area (TPSA) is 75.6 Å². The van der Waals surface area contributed by atoms with Crippen molar-refractivity contribution in [2.75, 3.05) is 19.8 Å². The quantitative estimate of drug-likeness (QED) is 0.172. The summed E-state index contributed by atoms with van der Waals surface area (Å²) < 4.78 is 36.5. The molecule has 0 saturated heterocycles. The predicted octanol–water partition coefficient (Wildman–Crippen LogP) is 6.11. The number of unbranched alkanes of at least 4 members (excludes halogenated alkanes) is 5. The normalized spacial score (nSPS) is 25.9. The van der Waals surface area contributed by atoms with E-state index in [2.05, 4.69) is 6.92 Å². The van der Waals surface area contributed by atoms with Crippen molar-refractivity contribution in [2.24, 2.45) is 0 Å². The first-order valence-corrected chi connectivity index (χ1v) is 15.1. The van der Waals surface area contributed by atoms with Crippen molar-refractivity contribution in [3.8, 4) is 0 Å². The molecule has 0 radical (unpaired) electrons. The zero-order chi connectivity index (χ0) is 28.5. The second kappa shape index (κ2) is 18.2. The maximum Gasteiger partial charge on any atom is 0.178 e. The van der Waals surface area contributed by atoms with Crippen LogP contribution in [0.4, 0.5) is 0 Å². The minimum absolute atomic E-state index is 0.245. The third-order valence-corrected chi connectivity index (χ3v) is 7.15. The summed E-state index contributed by atoms with van der Waals surface area (Å²) in [6.07, 6.45) is 11.4. The van der Waals surface area contributed by atoms with Gasteiger partial charge >= 0.3 is 0 Å². The fraction of sp³-hybridized carbons (Fsp3) is 0.529. The summed E-state index contributed by atoms with van der Waals surface area (Å²) in [5, 5.41) is 10.4. The molecule has 4 rings (SSSR count). The van der Waals surface area contributed by atoms with Gasteiger partial charge in [0.2, 0.25) is 0 Å². The molecule has 0 saturated carbocycles. The number of benzene rings is 2. The van der Waals surface area contributed by atoms with Gasteiger partial charge in [-0.1, -0.05) is 112 Å². The molecule has 2 aliphatic rings. The summed E-state index contributed by atoms with van der Waals surface area (Å²) in [4.78, 5) is 0. The Morgan fingerprint density at radius 3 is 1.93 bits per heavy atom. The minimum atomic E-state index is -0.770. The fourth-order valence-corrected chi connectivity index (χ4v) is 4.79. The highest BCUT2D eigenvalue weighted by Gasteiger charge is 2.33. The number of rotatable bonds is 18. The number of aliphatic hydroxyl groups excluding tert-OH is 1. The summed E-state index contributed by atoms with van der Waals surface area (Å²) in [5.74, 6) is 0. The van der Waals surface area contributed by atoms with E-state index in [4.69, 9.17) is 28.4 Å². The van der Waals surface area contributed by atoms with Gasteiger partial charge in [-0.2, -0.15) is 0 Å². The Hall–Kier alpha value is -2.36. The summed E-state index contributed by atoms with van der Waals surface area (Å²) >= 11 is 0. The number of hydrogen-bond donors (Lipinski definition) is 1. The molecule has 41 heavy (non-hydrogen) atoms. The van der Waals surface area contributed by atoms with E-state index >= 15 is 0 Å². The smallest absolute Gasteiger partial charge is 0.178 e. The average Bonchev–Trinajstić information content (AvgIpc) is 3.00. The van der Waals surface area contributed by atoms with Crippen LogP contribution in [0.1, 0.15) is 56.6 Å². The van der Waals surface area contributed by atoms with Crippen molar-refractivity contribution >= 4 is 0 Å². The van der Waals surface area contributed by atoms with E-state index in [1.807, 2.05) is 72.8 Å². The number of aliphatic hydroxyl groups is 1. The standard InChI is InChI=1S/C34H46O7/c1-2-3-4-5-6-13-22-38-33-21-19-30(32(41-33)26-37-24-28-16-11-8-12-17-28)39-34-20-18-29(35)31(40-34)25-36-23-27-14-9-7-10-15-27/h7-12,14-21,29-35H,2-6,13,22-26H2,1H3/t29-,30-,31+,32+,33-,34-/m0/s1. The van der Waals surface area contributed by atoms with E-state index in [0.717, 1.165) is 17.5 Å². The second-order valence-corrected chi connectivity index (χ2v) is 10.6. The van der Waals surface area contributed by atoms with Gasteiger partial charge in [0, 0.05) is 0 Å². The average molecular weight is 567 g/mol. The summed E-state index contributed by atoms with van der Waals surface area (Å²) in [6.45, 7) is 4.39. The van der Waals surface area contributed by atoms with E-state index < -0.39 is 30.9 Å². The lowest BCUT2D eigenvalue weighted by Gasteiger charge is -2.36. The van der Waals surface area contributed by atoms with Gasteiger partial charge in [0.15, 0.2) is 12.6 Å². The Morgan fingerprint density at radius 1 is 0.659 bits per heavy atom. The highest BCUT2D eigenvalue weighted by molar-refractivity contribution is 5.14. The van der Waals surface area contributed by atoms with Gasteiger partial charge in [-0.3, -0.25) is 0 Å². The summed E-state index contributed by atoms with van der Waals surface area (Å²) in [7, 11) is 0. The number of hydrogen-bond acceptors (Lipinski definition) is 7. The monoisotopic (exact) mass is 566 g/mol. The van der Waals surface area contributed by atoms with E-state index in [-0.39, 0.29) is 12.7 Å².